The van der Waals surface area contributed by atoms with Crippen molar-refractivity contribution in [2.24, 2.45) is 4.99 Å². The van der Waals surface area contributed by atoms with E-state index in [2.05, 4.69) is 0 Å². The molecule has 43 heavy (non-hydrogen) atoms. The fourth-order valence-corrected chi connectivity index (χ4v) is 6.58. The molecule has 0 fully saturated rings. The summed E-state index contributed by atoms with van der Waals surface area (Å²) in [6, 6.07) is 25.4. The van der Waals surface area contributed by atoms with Gasteiger partial charge in [0.2, 0.25) is 0 Å². The van der Waals surface area contributed by atoms with Gasteiger partial charge in [-0.15, -0.1) is 0 Å². The van der Waals surface area contributed by atoms with Crippen LogP contribution >= 0.6 is 22.9 Å². The van der Waals surface area contributed by atoms with E-state index in [0.717, 1.165) is 16.3 Å². The van der Waals surface area contributed by atoms with Crippen LogP contribution in [-0.2, 0) is 9.53 Å². The zero-order valence-corrected chi connectivity index (χ0v) is 25.2. The van der Waals surface area contributed by atoms with Crippen LogP contribution in [0.1, 0.15) is 29.7 Å². The highest BCUT2D eigenvalue weighted by Crippen LogP contribution is 2.42. The van der Waals surface area contributed by atoms with Crippen molar-refractivity contribution >= 4 is 51.5 Å². The van der Waals surface area contributed by atoms with Crippen molar-refractivity contribution in [2.75, 3.05) is 20.8 Å². The summed E-state index contributed by atoms with van der Waals surface area (Å²) in [7, 11) is 3.14. The number of fused-ring (bicyclic) bond motifs is 2. The van der Waals surface area contributed by atoms with E-state index in [0.29, 0.717) is 42.7 Å². The molecule has 1 atom stereocenters. The van der Waals surface area contributed by atoms with Crippen molar-refractivity contribution in [2.45, 2.75) is 13.0 Å². The quantitative estimate of drug-likeness (QED) is 0.219. The van der Waals surface area contributed by atoms with Crippen molar-refractivity contribution in [1.82, 2.24) is 4.57 Å². The van der Waals surface area contributed by atoms with E-state index in [1.807, 2.05) is 66.7 Å². The van der Waals surface area contributed by atoms with Gasteiger partial charge in [0.1, 0.15) is 17.5 Å². The molecule has 1 aliphatic heterocycles. The molecule has 0 bridgehead atoms. The number of aromatic nitrogens is 1. The maximum Gasteiger partial charge on any atom is 0.338 e. The summed E-state index contributed by atoms with van der Waals surface area (Å²) in [6.07, 6.45) is 1.74. The normalized spacial score (nSPS) is 14.8. The molecule has 216 valence electrons. The molecule has 1 aromatic heterocycles. The average molecular weight is 611 g/mol. The van der Waals surface area contributed by atoms with Crippen molar-refractivity contribution in [1.29, 1.82) is 0 Å². The Morgan fingerprint density at radius 1 is 0.977 bits per heavy atom. The number of ether oxygens (including phenoxy) is 3. The molecule has 5 aromatic rings. The fourth-order valence-electron chi connectivity index (χ4n) is 5.41. The lowest BCUT2D eigenvalue weighted by Gasteiger charge is -2.28. The Morgan fingerprint density at radius 2 is 1.70 bits per heavy atom. The minimum absolute atomic E-state index is 0.156. The van der Waals surface area contributed by atoms with E-state index in [1.54, 1.807) is 50.0 Å². The highest BCUT2D eigenvalue weighted by atomic mass is 35.5. The molecular formula is C34H27ClN2O5S. The average Bonchev–Trinajstić information content (AvgIpc) is 3.34. The number of benzene rings is 4. The van der Waals surface area contributed by atoms with E-state index < -0.39 is 12.0 Å². The van der Waals surface area contributed by atoms with Crippen LogP contribution in [0.4, 0.5) is 0 Å². The molecule has 0 amide bonds. The van der Waals surface area contributed by atoms with Crippen LogP contribution in [0.15, 0.2) is 100 Å². The first-order valence-electron chi connectivity index (χ1n) is 13.6. The summed E-state index contributed by atoms with van der Waals surface area (Å²) >= 11 is 7.52. The van der Waals surface area contributed by atoms with Crippen LogP contribution in [0, 0.1) is 0 Å². The third kappa shape index (κ3) is 5.13. The highest BCUT2D eigenvalue weighted by Gasteiger charge is 2.37. The number of hydrogen-bond donors (Lipinski definition) is 0. The Balaban J connectivity index is 1.75. The highest BCUT2D eigenvalue weighted by molar-refractivity contribution is 7.07. The number of carbonyl (C=O) groups excluding carboxylic acids is 1. The first-order chi connectivity index (χ1) is 20.9. The second-order valence-electron chi connectivity index (χ2n) is 9.72. The number of esters is 1. The Kier molecular flexibility index (Phi) is 7.88. The lowest BCUT2D eigenvalue weighted by atomic mass is 9.89. The number of halogens is 1. The number of methoxy groups -OCH3 is 2. The Hall–Kier alpha value is -4.66. The minimum atomic E-state index is -0.894. The molecule has 6 rings (SSSR count). The number of carbonyl (C=O) groups is 1. The molecule has 0 radical (unpaired) electrons. The van der Waals surface area contributed by atoms with Gasteiger partial charge in [-0.1, -0.05) is 83.6 Å². The van der Waals surface area contributed by atoms with Crippen LogP contribution in [0.5, 0.6) is 11.5 Å². The predicted molar refractivity (Wildman–Crippen MR) is 170 cm³/mol. The smallest absolute Gasteiger partial charge is 0.338 e. The van der Waals surface area contributed by atoms with Gasteiger partial charge >= 0.3 is 5.97 Å². The number of thiazole rings is 1. The molecule has 0 saturated heterocycles. The zero-order chi connectivity index (χ0) is 30.1. The molecule has 4 aromatic carbocycles. The maximum absolute atomic E-state index is 14.4. The van der Waals surface area contributed by atoms with Gasteiger partial charge in [-0.25, -0.2) is 9.79 Å². The number of nitrogens with zero attached hydrogens (tertiary/aromatic N) is 2. The molecule has 0 unspecified atom stereocenters. The van der Waals surface area contributed by atoms with Crippen LogP contribution < -0.4 is 24.4 Å². The maximum atomic E-state index is 14.4. The molecule has 0 spiro atoms. The number of rotatable bonds is 7. The van der Waals surface area contributed by atoms with Gasteiger partial charge in [-0.05, 0) is 48.0 Å². The summed E-state index contributed by atoms with van der Waals surface area (Å²) in [5, 5.41) is 2.29. The second kappa shape index (κ2) is 11.9. The van der Waals surface area contributed by atoms with E-state index in [-0.39, 0.29) is 17.7 Å². The van der Waals surface area contributed by atoms with Crippen LogP contribution in [0.25, 0.3) is 22.5 Å². The lowest BCUT2D eigenvalue weighted by molar-refractivity contribution is -0.138. The molecule has 7 nitrogen and oxygen atoms in total. The molecule has 2 heterocycles. The molecule has 0 aliphatic carbocycles. The van der Waals surface area contributed by atoms with Gasteiger partial charge in [-0.3, -0.25) is 9.36 Å². The summed E-state index contributed by atoms with van der Waals surface area (Å²) in [5.74, 6) is 0.543. The van der Waals surface area contributed by atoms with Gasteiger partial charge in [0, 0.05) is 21.7 Å². The second-order valence-corrected chi connectivity index (χ2v) is 11.2. The predicted octanol–water partition coefficient (Wildman–Crippen LogP) is 5.76. The molecule has 0 N–H and O–H groups in total. The zero-order valence-electron chi connectivity index (χ0n) is 23.7. The summed E-state index contributed by atoms with van der Waals surface area (Å²) < 4.78 is 19.0. The minimum Gasteiger partial charge on any atom is -0.496 e. The third-order valence-corrected chi connectivity index (χ3v) is 8.49. The van der Waals surface area contributed by atoms with E-state index in [9.17, 15) is 9.59 Å². The SMILES string of the molecule is CCOC(=O)C1=C(c2ccccc2)N=c2sc(=Cc3cc(Cl)ccc3OC)c(=O)n2[C@H]1c1c(OC)ccc2ccccc12. The summed E-state index contributed by atoms with van der Waals surface area (Å²) in [5.41, 5.74) is 2.41. The summed E-state index contributed by atoms with van der Waals surface area (Å²) in [4.78, 5) is 33.7. The monoisotopic (exact) mass is 610 g/mol. The van der Waals surface area contributed by atoms with Crippen molar-refractivity contribution < 1.29 is 19.0 Å². The molecule has 1 aliphatic rings. The molecule has 9 heteroatoms. The van der Waals surface area contributed by atoms with E-state index >= 15 is 0 Å². The van der Waals surface area contributed by atoms with Crippen LogP contribution in [0.2, 0.25) is 5.02 Å². The van der Waals surface area contributed by atoms with E-state index in [4.69, 9.17) is 30.8 Å². The largest absolute Gasteiger partial charge is 0.496 e. The van der Waals surface area contributed by atoms with Gasteiger partial charge in [-0.2, -0.15) is 0 Å². The molecule has 0 saturated carbocycles. The number of hydrogen-bond acceptors (Lipinski definition) is 7. The first-order valence-corrected chi connectivity index (χ1v) is 14.8. The third-order valence-electron chi connectivity index (χ3n) is 7.28. The Labute approximate surface area is 256 Å². The van der Waals surface area contributed by atoms with Crippen LogP contribution in [-0.4, -0.2) is 31.4 Å². The van der Waals surface area contributed by atoms with Crippen molar-refractivity contribution in [3.05, 3.63) is 132 Å². The standard InChI is InChI=1S/C34H27ClN2O5S/c1-4-42-33(39)29-30(21-11-6-5-7-12-21)36-34-37(31(29)28-24-13-9-8-10-20(24)14-16-26(28)41-3)32(38)27(43-34)19-22-18-23(35)15-17-25(22)40-2/h5-19,31H,4H2,1-3H3/t31-/m0/s1. The molecular weight excluding hydrogens is 584 g/mol. The van der Waals surface area contributed by atoms with E-state index in [1.165, 1.54) is 11.3 Å². The lowest BCUT2D eigenvalue weighted by Crippen LogP contribution is -2.40. The fraction of sp³-hybridized carbons (Fsp3) is 0.147. The van der Waals surface area contributed by atoms with Gasteiger partial charge in [0.05, 0.1) is 36.6 Å². The Morgan fingerprint density at radius 3 is 2.44 bits per heavy atom. The van der Waals surface area contributed by atoms with Crippen LogP contribution in [0.3, 0.4) is 0 Å². The summed E-state index contributed by atoms with van der Waals surface area (Å²) in [6.45, 7) is 1.91. The van der Waals surface area contributed by atoms with Gasteiger partial charge < -0.3 is 14.2 Å². The Bertz CT molecular complexity index is 2080. The van der Waals surface area contributed by atoms with Gasteiger partial charge in [0.25, 0.3) is 5.56 Å². The van der Waals surface area contributed by atoms with Crippen molar-refractivity contribution in [3.63, 3.8) is 0 Å². The topological polar surface area (TPSA) is 79.1 Å². The van der Waals surface area contributed by atoms with Gasteiger partial charge in [0.15, 0.2) is 4.80 Å². The first kappa shape index (κ1) is 28.5. The van der Waals surface area contributed by atoms with Crippen molar-refractivity contribution in [3.8, 4) is 11.5 Å².